The molecule has 5 atom stereocenters. The molecule has 0 aliphatic carbocycles. The van der Waals surface area contributed by atoms with Crippen molar-refractivity contribution in [3.8, 4) is 62.0 Å². The molecule has 0 unspecified atom stereocenters. The van der Waals surface area contributed by atoms with Gasteiger partial charge >= 0.3 is 0 Å². The average Bonchev–Trinajstić information content (AvgIpc) is 1.75. The number of aromatic nitrogens is 15. The van der Waals surface area contributed by atoms with Crippen LogP contribution in [0.25, 0.3) is 56.3 Å². The van der Waals surface area contributed by atoms with Crippen molar-refractivity contribution in [2.24, 2.45) is 0 Å². The van der Waals surface area contributed by atoms with Gasteiger partial charge in [0.05, 0.1) is 79.0 Å². The Morgan fingerprint density at radius 3 is 0.940 bits per heavy atom. The van der Waals surface area contributed by atoms with E-state index < -0.39 is 12.1 Å². The molecule has 12 N–H and O–H groups in total. The smallest absolute Gasteiger partial charge is 0.269 e. The number of aliphatic hydroxyl groups excluding tert-OH is 2. The van der Waals surface area contributed by atoms with E-state index in [1.54, 1.807) is 161 Å². The highest BCUT2D eigenvalue weighted by Gasteiger charge is 2.22. The van der Waals surface area contributed by atoms with E-state index in [-0.39, 0.29) is 66.7 Å². The molecule has 10 heterocycles. The second-order valence-electron chi connectivity index (χ2n) is 25.9. The van der Waals surface area contributed by atoms with E-state index in [0.29, 0.717) is 72.5 Å². The lowest BCUT2D eigenvalue weighted by molar-refractivity contribution is 0.0904. The molecule has 0 radical (unpaired) electrons. The number of pyridine rings is 5. The molecule has 5 aromatic carbocycles. The normalized spacial score (nSPS) is 11.9. The third kappa shape index (κ3) is 24.0. The summed E-state index contributed by atoms with van der Waals surface area (Å²) in [6.45, 7) is 5.22. The van der Waals surface area contributed by atoms with E-state index in [2.05, 4.69) is 102 Å². The Bertz CT molecular complexity index is 5530. The Morgan fingerprint density at radius 1 is 0.342 bits per heavy atom. The molecule has 0 fully saturated rings. The maximum absolute atomic E-state index is 13.2. The molecule has 0 bridgehead atoms. The molecule has 592 valence electrons. The molecule has 15 rings (SSSR count). The first-order valence-corrected chi connectivity index (χ1v) is 37.1. The standard InChI is InChI=1S/C18H18N4O2.C17H15ClN4O2.C17H15ClN4O.C17H15FN4O.C17H16N4O2/c1-12(13-3-5-15(24-2)6-4-13)20-18(23)17-11-16(21-22-17)14-7-9-19-10-8-14;18-13-3-1-2-12(8-13)16(10-23)20-17(24)15-9-14(21-22-15)11-4-6-19-7-5-11;2*1-11(13-3-2-4-14(18)9-13)20-17(23)16-10-15(21-22-16)12-5-7-19-8-6-12;22-11-16(12-4-2-1-3-5-12)19-17(23)15-10-14(20-21-15)13-6-8-18-9-7-13/h3-12H,1-2H3,(H,20,23)(H,21,22);1-9,16,23H,10H2,(H,20,24)(H,21,22);2*2-11H,1H3,(H,20,23)(H,21,22);1-10,16,22H,11H2,(H,19,23)(H,20,21)/t12-;16-;2*11-;16-/m11111/s1. The van der Waals surface area contributed by atoms with Gasteiger partial charge in [-0.1, -0.05) is 102 Å². The number of ether oxygens (including phenoxy) is 1. The van der Waals surface area contributed by atoms with Crippen molar-refractivity contribution in [1.29, 1.82) is 0 Å². The van der Waals surface area contributed by atoms with Crippen LogP contribution in [0.15, 0.2) is 280 Å². The number of nitrogens with one attached hydrogen (secondary N) is 10. The lowest BCUT2D eigenvalue weighted by Crippen LogP contribution is -2.31. The number of rotatable bonds is 23. The number of amides is 5. The van der Waals surface area contributed by atoms with E-state index in [9.17, 15) is 38.6 Å². The van der Waals surface area contributed by atoms with Crippen LogP contribution in [0, 0.1) is 5.82 Å². The maximum atomic E-state index is 13.2. The minimum atomic E-state index is -0.552. The summed E-state index contributed by atoms with van der Waals surface area (Å²) in [5.41, 5.74) is 13.8. The molecule has 0 spiro atoms. The lowest BCUT2D eigenvalue weighted by Gasteiger charge is -2.16. The lowest BCUT2D eigenvalue weighted by atomic mass is 10.1. The summed E-state index contributed by atoms with van der Waals surface area (Å²) in [6.07, 6.45) is 16.7. The number of hydrogen-bond donors (Lipinski definition) is 12. The van der Waals surface area contributed by atoms with Crippen molar-refractivity contribution in [3.63, 3.8) is 0 Å². The third-order valence-electron chi connectivity index (χ3n) is 17.8. The minimum absolute atomic E-state index is 0.129. The number of halogens is 3. The first-order valence-electron chi connectivity index (χ1n) is 36.4. The van der Waals surface area contributed by atoms with Crippen LogP contribution >= 0.6 is 23.2 Å². The summed E-state index contributed by atoms with van der Waals surface area (Å²) in [7, 11) is 1.62. The summed E-state index contributed by atoms with van der Waals surface area (Å²) in [4.78, 5) is 81.5. The van der Waals surface area contributed by atoms with E-state index in [1.165, 1.54) is 12.1 Å². The van der Waals surface area contributed by atoms with Gasteiger partial charge in [0.15, 0.2) is 0 Å². The van der Waals surface area contributed by atoms with Gasteiger partial charge < -0.3 is 41.5 Å². The summed E-state index contributed by atoms with van der Waals surface area (Å²) >= 11 is 11.9. The van der Waals surface area contributed by atoms with Crippen LogP contribution < -0.4 is 31.3 Å². The summed E-state index contributed by atoms with van der Waals surface area (Å²) in [5.74, 6) is -0.938. The number of carbonyl (C=O) groups excluding carboxylic acids is 5. The van der Waals surface area contributed by atoms with Crippen LogP contribution in [-0.2, 0) is 0 Å². The fraction of sp³-hybridized carbons (Fsp3) is 0.128. The zero-order valence-corrected chi connectivity index (χ0v) is 64.8. The fourth-order valence-electron chi connectivity index (χ4n) is 11.4. The molecule has 117 heavy (non-hydrogen) atoms. The Kier molecular flexibility index (Phi) is 29.8. The fourth-order valence-corrected chi connectivity index (χ4v) is 11.8. The third-order valence-corrected chi connectivity index (χ3v) is 18.2. The maximum Gasteiger partial charge on any atom is 0.269 e. The Balaban J connectivity index is 0.000000144. The highest BCUT2D eigenvalue weighted by molar-refractivity contribution is 6.31. The number of H-pyrrole nitrogens is 5. The summed E-state index contributed by atoms with van der Waals surface area (Å²) in [6, 6.07) is 62.6. The highest BCUT2D eigenvalue weighted by Crippen LogP contribution is 2.26. The first kappa shape index (κ1) is 83.4. The van der Waals surface area contributed by atoms with Gasteiger partial charge in [-0.25, -0.2) is 4.39 Å². The Hall–Kier alpha value is -14.5. The zero-order chi connectivity index (χ0) is 82.4. The number of methoxy groups -OCH3 is 1. The highest BCUT2D eigenvalue weighted by atomic mass is 35.5. The van der Waals surface area contributed by atoms with Crippen LogP contribution in [0.4, 0.5) is 4.39 Å². The molecule has 31 heteroatoms. The Labute approximate surface area is 680 Å². The number of carbonyl (C=O) groups is 5. The van der Waals surface area contributed by atoms with Gasteiger partial charge in [-0.2, -0.15) is 25.5 Å². The first-order chi connectivity index (χ1) is 56.9. The van der Waals surface area contributed by atoms with E-state index >= 15 is 0 Å². The molecule has 10 aromatic heterocycles. The molecular formula is C86H79Cl2FN20O8. The molecule has 0 aliphatic heterocycles. The van der Waals surface area contributed by atoms with Gasteiger partial charge in [0.1, 0.15) is 40.0 Å². The summed E-state index contributed by atoms with van der Waals surface area (Å²) in [5, 5.41) is 68.9. The number of benzene rings is 5. The molecule has 0 aliphatic rings. The van der Waals surface area contributed by atoms with Gasteiger partial charge in [-0.05, 0) is 188 Å². The molecule has 0 saturated heterocycles. The van der Waals surface area contributed by atoms with Gasteiger partial charge in [0, 0.05) is 99.8 Å². The van der Waals surface area contributed by atoms with Gasteiger partial charge in [0.25, 0.3) is 29.5 Å². The monoisotopic (exact) mass is 1610 g/mol. The van der Waals surface area contributed by atoms with E-state index in [1.807, 2.05) is 135 Å². The van der Waals surface area contributed by atoms with Crippen LogP contribution in [0.3, 0.4) is 0 Å². The van der Waals surface area contributed by atoms with Gasteiger partial charge in [0.2, 0.25) is 0 Å². The Morgan fingerprint density at radius 2 is 0.624 bits per heavy atom. The SMILES string of the molecule is COc1ccc([C@@H](C)NC(=O)c2cc(-c3ccncc3)n[nH]2)cc1.C[C@@H](NC(=O)c1cc(-c2ccncc2)n[nH]1)c1cccc(Cl)c1.C[C@@H](NC(=O)c1cc(-c2ccncc2)n[nH]1)c1cccc(F)c1.O=C(N[C@H](CO)c1cccc(Cl)c1)c1cc(-c2ccncc2)n[nH]1.O=C(N[C@H](CO)c1ccccc1)c1cc(-c2ccncc2)n[nH]1. The van der Waals surface area contributed by atoms with Crippen molar-refractivity contribution >= 4 is 52.7 Å². The van der Waals surface area contributed by atoms with E-state index in [0.717, 1.165) is 55.8 Å². The molecular weight excluding hydrogens is 1530 g/mol. The van der Waals surface area contributed by atoms with Gasteiger partial charge in [-0.15, -0.1) is 0 Å². The number of hydrogen-bond acceptors (Lipinski definition) is 18. The predicted octanol–water partition coefficient (Wildman–Crippen LogP) is 14.2. The summed E-state index contributed by atoms with van der Waals surface area (Å²) < 4.78 is 18.4. The van der Waals surface area contributed by atoms with Crippen LogP contribution in [0.5, 0.6) is 5.75 Å². The predicted molar refractivity (Wildman–Crippen MR) is 440 cm³/mol. The van der Waals surface area contributed by atoms with Crippen molar-refractivity contribution in [1.82, 2.24) is 102 Å². The van der Waals surface area contributed by atoms with Crippen LogP contribution in [-0.4, -0.2) is 136 Å². The van der Waals surface area contributed by atoms with Crippen molar-refractivity contribution in [2.75, 3.05) is 20.3 Å². The number of nitrogens with zero attached hydrogens (tertiary/aromatic N) is 10. The molecule has 5 amide bonds. The van der Waals surface area contributed by atoms with Crippen LogP contribution in [0.1, 0.15) is 131 Å². The van der Waals surface area contributed by atoms with Crippen molar-refractivity contribution in [3.05, 3.63) is 353 Å². The average molecular weight is 1610 g/mol. The van der Waals surface area contributed by atoms with Crippen LogP contribution in [0.2, 0.25) is 10.0 Å². The topological polar surface area (TPSA) is 403 Å². The van der Waals surface area contributed by atoms with Crippen molar-refractivity contribution < 1.29 is 43.3 Å². The van der Waals surface area contributed by atoms with Gasteiger partial charge in [-0.3, -0.25) is 74.4 Å². The number of aromatic amines is 5. The number of aliphatic hydroxyl groups is 2. The largest absolute Gasteiger partial charge is 0.497 e. The minimum Gasteiger partial charge on any atom is -0.497 e. The second-order valence-corrected chi connectivity index (χ2v) is 26.7. The molecule has 15 aromatic rings. The van der Waals surface area contributed by atoms with E-state index in [4.69, 9.17) is 27.9 Å². The molecule has 28 nitrogen and oxygen atoms in total. The van der Waals surface area contributed by atoms with Crippen molar-refractivity contribution in [2.45, 2.75) is 51.0 Å². The quantitative estimate of drug-likeness (QED) is 0.0283. The zero-order valence-electron chi connectivity index (χ0n) is 63.3. The second kappa shape index (κ2) is 41.8. The molecule has 0 saturated carbocycles.